The van der Waals surface area contributed by atoms with Crippen LogP contribution in [0.15, 0.2) is 60.7 Å². The first-order valence-corrected chi connectivity index (χ1v) is 13.5. The molecule has 1 saturated carbocycles. The van der Waals surface area contributed by atoms with E-state index in [2.05, 4.69) is 89.2 Å². The maximum absolute atomic E-state index is 2.92. The summed E-state index contributed by atoms with van der Waals surface area (Å²) >= 11 is 0. The van der Waals surface area contributed by atoms with Crippen LogP contribution < -0.4 is 0 Å². The maximum Gasteiger partial charge on any atom is 0.0348 e. The van der Waals surface area contributed by atoms with Crippen LogP contribution in [0.1, 0.15) is 62.5 Å². The summed E-state index contributed by atoms with van der Waals surface area (Å²) in [5.74, 6) is 1.97. The fourth-order valence-electron chi connectivity index (χ4n) is 7.32. The van der Waals surface area contributed by atoms with Gasteiger partial charge in [-0.2, -0.15) is 0 Å². The van der Waals surface area contributed by atoms with Crippen molar-refractivity contribution in [3.8, 4) is 0 Å². The van der Waals surface area contributed by atoms with E-state index < -0.39 is 0 Å². The van der Waals surface area contributed by atoms with Gasteiger partial charge in [-0.15, -0.1) is 0 Å². The molecule has 2 unspecified atom stereocenters. The largest absolute Gasteiger partial charge is 0.303 e. The molecule has 2 aromatic rings. The van der Waals surface area contributed by atoms with E-state index in [-0.39, 0.29) is 0 Å². The number of rotatable bonds is 8. The fourth-order valence-corrected chi connectivity index (χ4v) is 7.32. The highest BCUT2D eigenvalue weighted by Crippen LogP contribution is 2.55. The van der Waals surface area contributed by atoms with Gasteiger partial charge >= 0.3 is 0 Å². The molecule has 2 aromatic carbocycles. The number of hydrogen-bond donors (Lipinski definition) is 0. The third-order valence-corrected chi connectivity index (χ3v) is 9.08. The zero-order chi connectivity index (χ0) is 22.7. The Bertz CT molecular complexity index is 807. The Kier molecular flexibility index (Phi) is 7.20. The lowest BCUT2D eigenvalue weighted by atomic mass is 9.61. The van der Waals surface area contributed by atoms with E-state index in [1.165, 1.54) is 65.0 Å². The summed E-state index contributed by atoms with van der Waals surface area (Å²) in [5.41, 5.74) is 3.43. The van der Waals surface area contributed by atoms with Gasteiger partial charge in [-0.05, 0) is 80.7 Å². The van der Waals surface area contributed by atoms with Gasteiger partial charge in [0.25, 0.3) is 0 Å². The Morgan fingerprint density at radius 3 is 1.88 bits per heavy atom. The molecule has 2 bridgehead atoms. The second-order valence-corrected chi connectivity index (χ2v) is 10.8. The summed E-state index contributed by atoms with van der Waals surface area (Å²) in [6, 6.07) is 23.0. The van der Waals surface area contributed by atoms with Gasteiger partial charge in [0, 0.05) is 31.7 Å². The van der Waals surface area contributed by atoms with Crippen LogP contribution in [0.3, 0.4) is 0 Å². The molecule has 3 heteroatoms. The molecule has 3 saturated heterocycles. The molecule has 178 valence electrons. The zero-order valence-electron chi connectivity index (χ0n) is 20.8. The van der Waals surface area contributed by atoms with E-state index in [0.29, 0.717) is 23.3 Å². The van der Waals surface area contributed by atoms with Crippen molar-refractivity contribution < 1.29 is 0 Å². The van der Waals surface area contributed by atoms with Crippen molar-refractivity contribution in [2.75, 3.05) is 52.4 Å². The molecule has 0 N–H and O–H groups in total. The standard InChI is InChI=1S/C30H43N3/c1-3-31(4-2)19-20-32-23-29-27(25-13-7-5-8-14-25)21-30(24-32,33-17-11-12-18-33)22-28(29)26-15-9-6-10-16-26/h5-10,13-16,27-29H,3-4,11-12,17-24H2,1-2H3. The minimum absolute atomic E-state index is 0.299. The number of nitrogens with zero attached hydrogens (tertiary/aromatic N) is 3. The van der Waals surface area contributed by atoms with E-state index in [1.807, 2.05) is 0 Å². The van der Waals surface area contributed by atoms with Crippen LogP contribution >= 0.6 is 0 Å². The normalized spacial score (nSPS) is 30.7. The molecule has 1 aliphatic carbocycles. The molecule has 3 aliphatic heterocycles. The predicted molar refractivity (Wildman–Crippen MR) is 139 cm³/mol. The van der Waals surface area contributed by atoms with Gasteiger partial charge in [0.05, 0.1) is 0 Å². The van der Waals surface area contributed by atoms with E-state index >= 15 is 0 Å². The molecule has 33 heavy (non-hydrogen) atoms. The smallest absolute Gasteiger partial charge is 0.0348 e. The van der Waals surface area contributed by atoms with Crippen LogP contribution in [0.25, 0.3) is 0 Å². The zero-order valence-corrected chi connectivity index (χ0v) is 20.8. The van der Waals surface area contributed by atoms with Crippen molar-refractivity contribution in [2.24, 2.45) is 5.92 Å². The van der Waals surface area contributed by atoms with Crippen molar-refractivity contribution in [3.63, 3.8) is 0 Å². The van der Waals surface area contributed by atoms with Gasteiger partial charge < -0.3 is 4.90 Å². The maximum atomic E-state index is 2.92. The van der Waals surface area contributed by atoms with E-state index in [0.717, 1.165) is 13.1 Å². The van der Waals surface area contributed by atoms with Gasteiger partial charge in [-0.25, -0.2) is 0 Å². The topological polar surface area (TPSA) is 9.72 Å². The monoisotopic (exact) mass is 445 g/mol. The Morgan fingerprint density at radius 2 is 1.36 bits per heavy atom. The average Bonchev–Trinajstić information content (AvgIpc) is 3.31. The van der Waals surface area contributed by atoms with Crippen LogP contribution in [0.4, 0.5) is 0 Å². The highest BCUT2D eigenvalue weighted by Gasteiger charge is 2.53. The van der Waals surface area contributed by atoms with Crippen molar-refractivity contribution in [3.05, 3.63) is 71.8 Å². The lowest BCUT2D eigenvalue weighted by Gasteiger charge is -2.51. The quantitative estimate of drug-likeness (QED) is 0.534. The molecule has 3 heterocycles. The van der Waals surface area contributed by atoms with Gasteiger partial charge in [0.15, 0.2) is 0 Å². The highest BCUT2D eigenvalue weighted by molar-refractivity contribution is 5.31. The Hall–Kier alpha value is -1.68. The van der Waals surface area contributed by atoms with E-state index in [9.17, 15) is 0 Å². The summed E-state index contributed by atoms with van der Waals surface area (Å²) in [7, 11) is 0. The second-order valence-electron chi connectivity index (χ2n) is 10.8. The van der Waals surface area contributed by atoms with E-state index in [1.54, 1.807) is 11.1 Å². The van der Waals surface area contributed by atoms with Gasteiger partial charge in [0.2, 0.25) is 0 Å². The summed E-state index contributed by atoms with van der Waals surface area (Å²) in [4.78, 5) is 8.39. The summed E-state index contributed by atoms with van der Waals surface area (Å²) in [6.07, 6.45) is 5.40. The lowest BCUT2D eigenvalue weighted by Crippen LogP contribution is -2.56. The third kappa shape index (κ3) is 4.78. The predicted octanol–water partition coefficient (Wildman–Crippen LogP) is 5.46. The van der Waals surface area contributed by atoms with Crippen molar-refractivity contribution in [1.29, 1.82) is 0 Å². The molecule has 0 spiro atoms. The van der Waals surface area contributed by atoms with Gasteiger partial charge in [-0.3, -0.25) is 9.80 Å². The minimum Gasteiger partial charge on any atom is -0.303 e. The molecule has 0 aromatic heterocycles. The SMILES string of the molecule is CCN(CC)CCN1CC2C(c3ccccc3)CC(N3CCCC3)(CC2c2ccccc2)C1. The molecule has 0 radical (unpaired) electrons. The van der Waals surface area contributed by atoms with Crippen molar-refractivity contribution in [2.45, 2.75) is 56.9 Å². The number of likely N-dealkylation sites (tertiary alicyclic amines) is 1. The van der Waals surface area contributed by atoms with Gasteiger partial charge in [-0.1, -0.05) is 74.5 Å². The van der Waals surface area contributed by atoms with Crippen LogP contribution in [0, 0.1) is 5.92 Å². The molecule has 6 rings (SSSR count). The number of likely N-dealkylation sites (N-methyl/N-ethyl adjacent to an activating group) is 1. The number of benzene rings is 2. The van der Waals surface area contributed by atoms with Crippen molar-refractivity contribution >= 4 is 0 Å². The molecular formula is C30H43N3. The Balaban J connectivity index is 1.53. The van der Waals surface area contributed by atoms with Gasteiger partial charge in [0.1, 0.15) is 0 Å². The summed E-state index contributed by atoms with van der Waals surface area (Å²) in [6.45, 7) is 14.4. The molecule has 4 fully saturated rings. The fraction of sp³-hybridized carbons (Fsp3) is 0.600. The molecule has 0 amide bonds. The first-order chi connectivity index (χ1) is 16.2. The molecular weight excluding hydrogens is 402 g/mol. The number of fused-ring (bicyclic) bond motifs is 4. The second kappa shape index (κ2) is 10.3. The third-order valence-electron chi connectivity index (χ3n) is 9.08. The van der Waals surface area contributed by atoms with E-state index in [4.69, 9.17) is 0 Å². The average molecular weight is 446 g/mol. The first-order valence-electron chi connectivity index (χ1n) is 13.5. The van der Waals surface area contributed by atoms with Crippen LogP contribution in [-0.2, 0) is 0 Å². The molecule has 3 nitrogen and oxygen atoms in total. The first kappa shape index (κ1) is 23.1. The molecule has 2 atom stereocenters. The minimum atomic E-state index is 0.299. The summed E-state index contributed by atoms with van der Waals surface area (Å²) in [5, 5.41) is 0. The van der Waals surface area contributed by atoms with Crippen LogP contribution in [-0.4, -0.2) is 72.6 Å². The lowest BCUT2D eigenvalue weighted by molar-refractivity contribution is 0.0415. The summed E-state index contributed by atoms with van der Waals surface area (Å²) < 4.78 is 0. The Morgan fingerprint density at radius 1 is 0.818 bits per heavy atom. The van der Waals surface area contributed by atoms with Crippen LogP contribution in [0.2, 0.25) is 0 Å². The van der Waals surface area contributed by atoms with Crippen molar-refractivity contribution in [1.82, 2.24) is 14.7 Å². The van der Waals surface area contributed by atoms with Crippen LogP contribution in [0.5, 0.6) is 0 Å². The molecule has 4 aliphatic rings. The Labute approximate surface area is 201 Å². The number of hydrogen-bond acceptors (Lipinski definition) is 3. The highest BCUT2D eigenvalue weighted by atomic mass is 15.3.